The molecular weight excluding hydrogens is 376 g/mol. The minimum atomic E-state index is -0.125. The number of H-pyrrole nitrogens is 1. The third-order valence-electron chi connectivity index (χ3n) is 4.97. The van der Waals surface area contributed by atoms with Gasteiger partial charge in [-0.1, -0.05) is 25.1 Å². The number of aromatic amines is 1. The minimum Gasteiger partial charge on any atom is -0.497 e. The fraction of sp³-hybridized carbons (Fsp3) is 0.167. The first-order valence-corrected chi connectivity index (χ1v) is 9.93. The van der Waals surface area contributed by atoms with Crippen LogP contribution in [0.5, 0.6) is 5.75 Å². The van der Waals surface area contributed by atoms with E-state index < -0.39 is 0 Å². The number of aromatic nitrogens is 2. The van der Waals surface area contributed by atoms with Crippen LogP contribution in [0.4, 0.5) is 0 Å². The second-order valence-corrected chi connectivity index (χ2v) is 6.99. The van der Waals surface area contributed by atoms with Crippen molar-refractivity contribution < 1.29 is 9.53 Å². The third kappa shape index (κ3) is 4.27. The molecule has 0 saturated carbocycles. The summed E-state index contributed by atoms with van der Waals surface area (Å²) in [5.74, 6) is 1.41. The summed E-state index contributed by atoms with van der Waals surface area (Å²) in [6.07, 6.45) is 9.55. The summed E-state index contributed by atoms with van der Waals surface area (Å²) in [7, 11) is 1.64. The number of fused-ring (bicyclic) bond motifs is 1. The molecule has 3 aromatic rings. The Morgan fingerprint density at radius 2 is 2.07 bits per heavy atom. The summed E-state index contributed by atoms with van der Waals surface area (Å²) >= 11 is 0. The van der Waals surface area contributed by atoms with E-state index in [2.05, 4.69) is 26.7 Å². The lowest BCUT2D eigenvalue weighted by molar-refractivity contribution is 0.0965. The van der Waals surface area contributed by atoms with Crippen molar-refractivity contribution in [1.29, 1.82) is 0 Å². The highest BCUT2D eigenvalue weighted by molar-refractivity contribution is 5.95. The smallest absolute Gasteiger partial charge is 0.255 e. The number of imidazole rings is 1. The van der Waals surface area contributed by atoms with E-state index in [9.17, 15) is 4.79 Å². The molecule has 4 rings (SSSR count). The Kier molecular flexibility index (Phi) is 5.66. The van der Waals surface area contributed by atoms with Crippen LogP contribution in [-0.2, 0) is 0 Å². The van der Waals surface area contributed by atoms with E-state index in [1.165, 1.54) is 0 Å². The number of nitrogens with one attached hydrogen (secondary N) is 3. The van der Waals surface area contributed by atoms with Crippen LogP contribution in [0.2, 0.25) is 0 Å². The van der Waals surface area contributed by atoms with Crippen molar-refractivity contribution in [1.82, 2.24) is 20.6 Å². The number of carbonyl (C=O) groups is 1. The quantitative estimate of drug-likeness (QED) is 0.563. The van der Waals surface area contributed by atoms with Gasteiger partial charge in [-0.25, -0.2) is 4.98 Å². The number of allylic oxidation sites excluding steroid dienone is 4. The minimum absolute atomic E-state index is 0.125. The van der Waals surface area contributed by atoms with Gasteiger partial charge in [-0.05, 0) is 49.0 Å². The van der Waals surface area contributed by atoms with E-state index in [-0.39, 0.29) is 5.91 Å². The highest BCUT2D eigenvalue weighted by Crippen LogP contribution is 2.24. The van der Waals surface area contributed by atoms with Crippen LogP contribution < -0.4 is 15.4 Å². The normalized spacial score (nSPS) is 14.9. The molecule has 1 aromatic heterocycles. The van der Waals surface area contributed by atoms with E-state index in [0.29, 0.717) is 5.56 Å². The Morgan fingerprint density at radius 1 is 1.23 bits per heavy atom. The zero-order valence-electron chi connectivity index (χ0n) is 17.0. The van der Waals surface area contributed by atoms with Crippen molar-refractivity contribution in [3.05, 3.63) is 83.9 Å². The Bertz CT molecular complexity index is 1140. The lowest BCUT2D eigenvalue weighted by Gasteiger charge is -2.08. The maximum atomic E-state index is 12.6. The maximum Gasteiger partial charge on any atom is 0.255 e. The summed E-state index contributed by atoms with van der Waals surface area (Å²) in [6, 6.07) is 13.1. The van der Waals surface area contributed by atoms with Crippen LogP contribution in [0.15, 0.2) is 78.3 Å². The van der Waals surface area contributed by atoms with Gasteiger partial charge in [-0.2, -0.15) is 0 Å². The summed E-state index contributed by atoms with van der Waals surface area (Å²) in [5, 5.41) is 6.16. The zero-order chi connectivity index (χ0) is 20.9. The Labute approximate surface area is 175 Å². The molecule has 0 bridgehead atoms. The number of benzene rings is 2. The Hall–Kier alpha value is -3.80. The first-order valence-electron chi connectivity index (χ1n) is 9.93. The molecule has 30 heavy (non-hydrogen) atoms. The summed E-state index contributed by atoms with van der Waals surface area (Å²) in [5.41, 5.74) is 5.28. The molecule has 6 nitrogen and oxygen atoms in total. The Morgan fingerprint density at radius 3 is 2.77 bits per heavy atom. The van der Waals surface area contributed by atoms with E-state index in [1.54, 1.807) is 7.11 Å². The molecule has 0 radical (unpaired) electrons. The molecule has 0 spiro atoms. The van der Waals surface area contributed by atoms with E-state index in [1.807, 2.05) is 67.7 Å². The van der Waals surface area contributed by atoms with Gasteiger partial charge < -0.3 is 20.4 Å². The van der Waals surface area contributed by atoms with Crippen molar-refractivity contribution in [2.45, 2.75) is 19.8 Å². The average molecular weight is 400 g/mol. The third-order valence-corrected chi connectivity index (χ3v) is 4.97. The van der Waals surface area contributed by atoms with Gasteiger partial charge in [0.15, 0.2) is 0 Å². The fourth-order valence-electron chi connectivity index (χ4n) is 3.23. The van der Waals surface area contributed by atoms with E-state index >= 15 is 0 Å². The predicted molar refractivity (Wildman–Crippen MR) is 119 cm³/mol. The molecule has 0 unspecified atom stereocenters. The van der Waals surface area contributed by atoms with Crippen LogP contribution in [0.25, 0.3) is 22.4 Å². The zero-order valence-corrected chi connectivity index (χ0v) is 17.0. The number of hydrogen-bond acceptors (Lipinski definition) is 4. The molecule has 1 aliphatic rings. The largest absolute Gasteiger partial charge is 0.497 e. The Balaban J connectivity index is 1.48. The number of nitrogens with zero attached hydrogens (tertiary/aromatic N) is 1. The SMILES string of the molecule is CC/C(=C\C=C1/CC=CN1)NC(=O)c1ccc(-c2nc3ccc(OC)cc3[nH]2)cc1. The van der Waals surface area contributed by atoms with Gasteiger partial charge in [0.1, 0.15) is 11.6 Å². The van der Waals surface area contributed by atoms with Gasteiger partial charge >= 0.3 is 0 Å². The highest BCUT2D eigenvalue weighted by atomic mass is 16.5. The molecular formula is C24H24N4O2. The summed E-state index contributed by atoms with van der Waals surface area (Å²) in [4.78, 5) is 20.6. The van der Waals surface area contributed by atoms with Gasteiger partial charge in [0.05, 0.1) is 18.1 Å². The lowest BCUT2D eigenvalue weighted by Crippen LogP contribution is -2.22. The lowest BCUT2D eigenvalue weighted by atomic mass is 10.1. The molecule has 6 heteroatoms. The van der Waals surface area contributed by atoms with Gasteiger partial charge in [0, 0.05) is 35.0 Å². The number of carbonyl (C=O) groups excluding carboxylic acids is 1. The molecule has 0 fully saturated rings. The number of methoxy groups -OCH3 is 1. The van der Waals surface area contributed by atoms with Gasteiger partial charge in [-0.3, -0.25) is 4.79 Å². The topological polar surface area (TPSA) is 79.0 Å². The van der Waals surface area contributed by atoms with Gasteiger partial charge in [0.25, 0.3) is 5.91 Å². The second kappa shape index (κ2) is 8.69. The second-order valence-electron chi connectivity index (χ2n) is 6.99. The summed E-state index contributed by atoms with van der Waals surface area (Å²) < 4.78 is 5.26. The molecule has 0 aliphatic carbocycles. The van der Waals surface area contributed by atoms with Crippen molar-refractivity contribution in [3.63, 3.8) is 0 Å². The number of hydrogen-bond donors (Lipinski definition) is 3. The van der Waals surface area contributed by atoms with Gasteiger partial charge in [0.2, 0.25) is 0 Å². The molecule has 1 aliphatic heterocycles. The first-order chi connectivity index (χ1) is 14.7. The number of rotatable bonds is 6. The number of ether oxygens (including phenoxy) is 1. The predicted octanol–water partition coefficient (Wildman–Crippen LogP) is 4.65. The number of amides is 1. The molecule has 0 saturated heterocycles. The molecule has 3 N–H and O–H groups in total. The molecule has 152 valence electrons. The van der Waals surface area contributed by atoms with Crippen molar-refractivity contribution >= 4 is 16.9 Å². The maximum absolute atomic E-state index is 12.6. The highest BCUT2D eigenvalue weighted by Gasteiger charge is 2.10. The fourth-order valence-corrected chi connectivity index (χ4v) is 3.23. The van der Waals surface area contributed by atoms with Crippen molar-refractivity contribution in [2.24, 2.45) is 0 Å². The van der Waals surface area contributed by atoms with Crippen molar-refractivity contribution in [3.8, 4) is 17.1 Å². The molecule has 0 atom stereocenters. The van der Waals surface area contributed by atoms with E-state index in [0.717, 1.165) is 52.4 Å². The first kappa shape index (κ1) is 19.5. The van der Waals surface area contributed by atoms with Crippen LogP contribution in [0.3, 0.4) is 0 Å². The van der Waals surface area contributed by atoms with Crippen LogP contribution >= 0.6 is 0 Å². The van der Waals surface area contributed by atoms with Crippen molar-refractivity contribution in [2.75, 3.05) is 7.11 Å². The standard InChI is InChI=1S/C24H24N4O2/c1-3-18(10-11-19-5-4-14-25-19)26-24(29)17-8-6-16(7-9-17)23-27-21-13-12-20(30-2)15-22(21)28-23/h4,6-15,25H,3,5H2,1-2H3,(H,26,29)(H,27,28)/b18-10+,19-11+. The van der Waals surface area contributed by atoms with Gasteiger partial charge in [-0.15, -0.1) is 0 Å². The molecule has 2 heterocycles. The van der Waals surface area contributed by atoms with Crippen LogP contribution in [0, 0.1) is 0 Å². The summed E-state index contributed by atoms with van der Waals surface area (Å²) in [6.45, 7) is 2.02. The average Bonchev–Trinajstić information content (AvgIpc) is 3.45. The van der Waals surface area contributed by atoms with Crippen LogP contribution in [-0.4, -0.2) is 23.0 Å². The molecule has 1 amide bonds. The monoisotopic (exact) mass is 400 g/mol. The van der Waals surface area contributed by atoms with Crippen LogP contribution in [0.1, 0.15) is 30.1 Å². The molecule has 2 aromatic carbocycles. The van der Waals surface area contributed by atoms with E-state index in [4.69, 9.17) is 4.74 Å².